The summed E-state index contributed by atoms with van der Waals surface area (Å²) >= 11 is 0. The molecule has 5 nitrogen and oxygen atoms in total. The Hall–Kier alpha value is -2.37. The van der Waals surface area contributed by atoms with Crippen LogP contribution >= 0.6 is 0 Å². The fourth-order valence-corrected chi connectivity index (χ4v) is 2.98. The number of aliphatic hydroxyl groups is 1. The summed E-state index contributed by atoms with van der Waals surface area (Å²) in [5, 5.41) is 17.4. The topological polar surface area (TPSA) is 59.9 Å². The number of nitrogens with zero attached hydrogens (tertiary/aromatic N) is 2. The van der Waals surface area contributed by atoms with Gasteiger partial charge in [0.1, 0.15) is 5.60 Å². The van der Waals surface area contributed by atoms with E-state index in [1.807, 2.05) is 44.2 Å². The molecule has 0 amide bonds. The van der Waals surface area contributed by atoms with Gasteiger partial charge >= 0.3 is 0 Å². The second-order valence-electron chi connectivity index (χ2n) is 7.97. The van der Waals surface area contributed by atoms with Crippen LogP contribution in [0.3, 0.4) is 0 Å². The molecule has 1 atom stereocenters. The zero-order chi connectivity index (χ0) is 21.3. The first kappa shape index (κ1) is 22.9. The molecule has 0 aliphatic rings. The highest BCUT2D eigenvalue weighted by Gasteiger charge is 2.23. The van der Waals surface area contributed by atoms with Crippen molar-refractivity contribution in [3.8, 4) is 0 Å². The predicted octanol–water partition coefficient (Wildman–Crippen LogP) is 3.49. The third kappa shape index (κ3) is 7.18. The normalized spacial score (nSPS) is 14.1. The summed E-state index contributed by atoms with van der Waals surface area (Å²) in [6.45, 7) is 10.9. The number of benzene rings is 2. The summed E-state index contributed by atoms with van der Waals surface area (Å²) in [5.74, 6) is 0.704. The second-order valence-corrected chi connectivity index (χ2v) is 7.97. The Bertz CT molecular complexity index is 771. The number of rotatable bonds is 9. The standard InChI is InChI=1S/C24H36N4O/c1-6-25-23(27-18-24(4,29)22-14-8-7-9-15-22)26-16-20-12-10-11-13-21(20)17-28(5)19(2)3/h7-15,19,29H,6,16-18H2,1-5H3,(H2,25,26,27). The van der Waals surface area contributed by atoms with E-state index in [-0.39, 0.29) is 0 Å². The SMILES string of the molecule is CCNC(=NCc1ccccc1CN(C)C(C)C)NCC(C)(O)c1ccccc1. The molecule has 29 heavy (non-hydrogen) atoms. The lowest BCUT2D eigenvalue weighted by atomic mass is 9.96. The van der Waals surface area contributed by atoms with Crippen LogP contribution in [0.15, 0.2) is 59.6 Å². The molecule has 0 heterocycles. The third-order valence-electron chi connectivity index (χ3n) is 5.17. The highest BCUT2D eigenvalue weighted by Crippen LogP contribution is 2.19. The van der Waals surface area contributed by atoms with Crippen LogP contribution < -0.4 is 10.6 Å². The molecule has 0 saturated heterocycles. The second kappa shape index (κ2) is 11.0. The minimum absolute atomic E-state index is 0.376. The number of hydrogen-bond acceptors (Lipinski definition) is 3. The number of guanidine groups is 1. The van der Waals surface area contributed by atoms with Gasteiger partial charge in [-0.2, -0.15) is 0 Å². The van der Waals surface area contributed by atoms with E-state index < -0.39 is 5.60 Å². The van der Waals surface area contributed by atoms with E-state index >= 15 is 0 Å². The van der Waals surface area contributed by atoms with Crippen LogP contribution in [0.5, 0.6) is 0 Å². The van der Waals surface area contributed by atoms with Gasteiger partial charge in [0.25, 0.3) is 0 Å². The predicted molar refractivity (Wildman–Crippen MR) is 122 cm³/mol. The first-order valence-electron chi connectivity index (χ1n) is 10.4. The van der Waals surface area contributed by atoms with Crippen molar-refractivity contribution in [2.24, 2.45) is 4.99 Å². The van der Waals surface area contributed by atoms with Crippen molar-refractivity contribution >= 4 is 5.96 Å². The molecule has 2 aromatic rings. The summed E-state index contributed by atoms with van der Waals surface area (Å²) in [5.41, 5.74) is 2.41. The minimum atomic E-state index is -0.977. The quantitative estimate of drug-likeness (QED) is 0.449. The number of nitrogens with one attached hydrogen (secondary N) is 2. The summed E-state index contributed by atoms with van der Waals surface area (Å²) in [6, 6.07) is 18.6. The van der Waals surface area contributed by atoms with Gasteiger partial charge in [-0.3, -0.25) is 4.90 Å². The number of aliphatic imine (C=N–C) groups is 1. The molecule has 3 N–H and O–H groups in total. The van der Waals surface area contributed by atoms with Crippen molar-refractivity contribution in [2.75, 3.05) is 20.1 Å². The lowest BCUT2D eigenvalue weighted by Gasteiger charge is -2.25. The van der Waals surface area contributed by atoms with E-state index in [2.05, 4.69) is 60.7 Å². The smallest absolute Gasteiger partial charge is 0.191 e. The molecule has 0 spiro atoms. The van der Waals surface area contributed by atoms with Crippen molar-refractivity contribution in [1.29, 1.82) is 0 Å². The lowest BCUT2D eigenvalue weighted by molar-refractivity contribution is 0.0617. The molecule has 2 rings (SSSR count). The van der Waals surface area contributed by atoms with Crippen LogP contribution in [0.4, 0.5) is 0 Å². The summed E-state index contributed by atoms with van der Waals surface area (Å²) in [6.07, 6.45) is 0. The first-order chi connectivity index (χ1) is 13.8. The molecule has 0 fully saturated rings. The maximum Gasteiger partial charge on any atom is 0.191 e. The minimum Gasteiger partial charge on any atom is -0.384 e. The zero-order valence-electron chi connectivity index (χ0n) is 18.4. The van der Waals surface area contributed by atoms with E-state index in [4.69, 9.17) is 4.99 Å². The van der Waals surface area contributed by atoms with Gasteiger partial charge in [-0.15, -0.1) is 0 Å². The highest BCUT2D eigenvalue weighted by atomic mass is 16.3. The van der Waals surface area contributed by atoms with E-state index in [1.54, 1.807) is 0 Å². The molecule has 0 aliphatic heterocycles. The van der Waals surface area contributed by atoms with Crippen LogP contribution in [0.2, 0.25) is 0 Å². The summed E-state index contributed by atoms with van der Waals surface area (Å²) < 4.78 is 0. The van der Waals surface area contributed by atoms with Crippen molar-refractivity contribution in [2.45, 2.75) is 52.4 Å². The summed E-state index contributed by atoms with van der Waals surface area (Å²) in [4.78, 5) is 7.08. The van der Waals surface area contributed by atoms with Gasteiger partial charge in [0.15, 0.2) is 5.96 Å². The molecule has 158 valence electrons. The van der Waals surface area contributed by atoms with Gasteiger partial charge in [-0.05, 0) is 51.4 Å². The van der Waals surface area contributed by atoms with Crippen molar-refractivity contribution in [1.82, 2.24) is 15.5 Å². The van der Waals surface area contributed by atoms with Gasteiger partial charge < -0.3 is 15.7 Å². The van der Waals surface area contributed by atoms with Crippen LogP contribution in [0.1, 0.15) is 44.4 Å². The fraction of sp³-hybridized carbons (Fsp3) is 0.458. The molecule has 0 aromatic heterocycles. The van der Waals surface area contributed by atoms with Crippen molar-refractivity contribution < 1.29 is 5.11 Å². The van der Waals surface area contributed by atoms with Crippen LogP contribution in [0.25, 0.3) is 0 Å². The zero-order valence-corrected chi connectivity index (χ0v) is 18.4. The molecule has 0 aliphatic carbocycles. The van der Waals surface area contributed by atoms with E-state index in [9.17, 15) is 5.11 Å². The van der Waals surface area contributed by atoms with E-state index in [0.717, 1.165) is 18.7 Å². The van der Waals surface area contributed by atoms with E-state index in [1.165, 1.54) is 11.1 Å². The van der Waals surface area contributed by atoms with Crippen LogP contribution in [-0.2, 0) is 18.7 Å². The van der Waals surface area contributed by atoms with Crippen LogP contribution in [0, 0.1) is 0 Å². The Labute approximate surface area is 175 Å². The lowest BCUT2D eigenvalue weighted by Crippen LogP contribution is -2.44. The van der Waals surface area contributed by atoms with Gasteiger partial charge in [0.2, 0.25) is 0 Å². The Kier molecular flexibility index (Phi) is 8.68. The van der Waals surface area contributed by atoms with Gasteiger partial charge in [-0.1, -0.05) is 54.6 Å². The van der Waals surface area contributed by atoms with E-state index in [0.29, 0.717) is 25.1 Å². The van der Waals surface area contributed by atoms with Crippen LogP contribution in [-0.4, -0.2) is 42.1 Å². The highest BCUT2D eigenvalue weighted by molar-refractivity contribution is 5.79. The summed E-state index contributed by atoms with van der Waals surface area (Å²) in [7, 11) is 2.14. The number of hydrogen-bond donors (Lipinski definition) is 3. The molecule has 0 saturated carbocycles. The molecule has 1 unspecified atom stereocenters. The molecule has 0 bridgehead atoms. The Morgan fingerprint density at radius 3 is 2.28 bits per heavy atom. The largest absolute Gasteiger partial charge is 0.384 e. The first-order valence-corrected chi connectivity index (χ1v) is 10.4. The fourth-order valence-electron chi connectivity index (χ4n) is 2.98. The molecule has 0 radical (unpaired) electrons. The maximum absolute atomic E-state index is 10.8. The third-order valence-corrected chi connectivity index (χ3v) is 5.17. The Morgan fingerprint density at radius 1 is 1.03 bits per heavy atom. The van der Waals surface area contributed by atoms with Crippen molar-refractivity contribution in [3.63, 3.8) is 0 Å². The Balaban J connectivity index is 2.08. The van der Waals surface area contributed by atoms with Gasteiger partial charge in [0.05, 0.1) is 13.1 Å². The molecule has 5 heteroatoms. The van der Waals surface area contributed by atoms with Gasteiger partial charge in [-0.25, -0.2) is 4.99 Å². The molecule has 2 aromatic carbocycles. The monoisotopic (exact) mass is 396 g/mol. The average Bonchev–Trinajstić information content (AvgIpc) is 2.71. The maximum atomic E-state index is 10.8. The Morgan fingerprint density at radius 2 is 1.66 bits per heavy atom. The van der Waals surface area contributed by atoms with Gasteiger partial charge in [0, 0.05) is 19.1 Å². The average molecular weight is 397 g/mol. The molecular formula is C24H36N4O. The van der Waals surface area contributed by atoms with Crippen molar-refractivity contribution in [3.05, 3.63) is 71.3 Å². The molecular weight excluding hydrogens is 360 g/mol.